The van der Waals surface area contributed by atoms with Crippen LogP contribution in [0.5, 0.6) is 0 Å². The number of benzene rings is 1. The van der Waals surface area contributed by atoms with Crippen LogP contribution in [0.15, 0.2) is 47.2 Å². The van der Waals surface area contributed by atoms with E-state index < -0.39 is 0 Å². The van der Waals surface area contributed by atoms with Crippen molar-refractivity contribution in [2.24, 2.45) is 0 Å². The lowest BCUT2D eigenvalue weighted by Gasteiger charge is -2.16. The van der Waals surface area contributed by atoms with Gasteiger partial charge in [0.05, 0.1) is 6.42 Å². The van der Waals surface area contributed by atoms with Crippen LogP contribution in [0.25, 0.3) is 0 Å². The Morgan fingerprint density at radius 1 is 1.21 bits per heavy atom. The molecule has 0 aliphatic carbocycles. The Morgan fingerprint density at radius 3 is 2.63 bits per heavy atom. The molecule has 0 aliphatic rings. The molecule has 1 heterocycles. The van der Waals surface area contributed by atoms with E-state index in [1.807, 2.05) is 35.0 Å². The van der Waals surface area contributed by atoms with Crippen molar-refractivity contribution in [3.63, 3.8) is 0 Å². The fraction of sp³-hybridized carbons (Fsp3) is 0.267. The number of carbonyl (C=O) groups excluding carboxylic acids is 1. The lowest BCUT2D eigenvalue weighted by Crippen LogP contribution is -2.38. The second-order valence-electron chi connectivity index (χ2n) is 4.42. The number of nitrogens with one attached hydrogen (secondary N) is 1. The number of alkyl halides is 1. The molecule has 1 aromatic carbocycles. The standard InChI is InChI=1S/C15H16BrNOS/c16-10-14(8-12-4-2-1-3-5-12)17-15(18)9-13-6-7-19-11-13/h1-7,11,14H,8-10H2,(H,17,18). The summed E-state index contributed by atoms with van der Waals surface area (Å²) in [4.78, 5) is 11.9. The quantitative estimate of drug-likeness (QED) is 0.804. The third-order valence-corrected chi connectivity index (χ3v) is 4.33. The molecule has 0 bridgehead atoms. The predicted molar refractivity (Wildman–Crippen MR) is 83.9 cm³/mol. The molecule has 1 amide bonds. The van der Waals surface area contributed by atoms with E-state index in [2.05, 4.69) is 33.4 Å². The van der Waals surface area contributed by atoms with E-state index in [9.17, 15) is 4.79 Å². The van der Waals surface area contributed by atoms with Crippen molar-refractivity contribution in [3.8, 4) is 0 Å². The lowest BCUT2D eigenvalue weighted by molar-refractivity contribution is -0.120. The molecule has 2 nitrogen and oxygen atoms in total. The summed E-state index contributed by atoms with van der Waals surface area (Å²) in [6.45, 7) is 0. The predicted octanol–water partition coefficient (Wildman–Crippen LogP) is 3.41. The average Bonchev–Trinajstić information content (AvgIpc) is 2.92. The lowest BCUT2D eigenvalue weighted by atomic mass is 10.1. The number of carbonyl (C=O) groups is 1. The van der Waals surface area contributed by atoms with Crippen LogP contribution in [0, 0.1) is 0 Å². The highest BCUT2D eigenvalue weighted by atomic mass is 79.9. The van der Waals surface area contributed by atoms with Crippen LogP contribution >= 0.6 is 27.3 Å². The minimum Gasteiger partial charge on any atom is -0.352 e. The van der Waals surface area contributed by atoms with Crippen molar-refractivity contribution in [1.82, 2.24) is 5.32 Å². The maximum absolute atomic E-state index is 11.9. The fourth-order valence-corrected chi connectivity index (χ4v) is 2.96. The van der Waals surface area contributed by atoms with Gasteiger partial charge in [-0.05, 0) is 34.4 Å². The molecule has 1 N–H and O–H groups in total. The van der Waals surface area contributed by atoms with Crippen molar-refractivity contribution < 1.29 is 4.79 Å². The van der Waals surface area contributed by atoms with E-state index in [4.69, 9.17) is 0 Å². The van der Waals surface area contributed by atoms with Gasteiger partial charge in [-0.3, -0.25) is 4.79 Å². The Balaban J connectivity index is 1.86. The Labute approximate surface area is 126 Å². The van der Waals surface area contributed by atoms with E-state index in [-0.39, 0.29) is 11.9 Å². The van der Waals surface area contributed by atoms with Gasteiger partial charge in [-0.2, -0.15) is 11.3 Å². The van der Waals surface area contributed by atoms with E-state index in [0.717, 1.165) is 17.3 Å². The monoisotopic (exact) mass is 337 g/mol. The smallest absolute Gasteiger partial charge is 0.224 e. The molecule has 2 aromatic rings. The third kappa shape index (κ3) is 4.80. The summed E-state index contributed by atoms with van der Waals surface area (Å²) in [5.74, 6) is 0.0822. The Kier molecular flexibility index (Phi) is 5.61. The first-order chi connectivity index (χ1) is 9.28. The number of rotatable bonds is 6. The van der Waals surface area contributed by atoms with E-state index in [1.54, 1.807) is 11.3 Å². The fourth-order valence-electron chi connectivity index (χ4n) is 1.90. The molecule has 100 valence electrons. The molecule has 2 rings (SSSR count). The molecule has 1 aromatic heterocycles. The van der Waals surface area contributed by atoms with Gasteiger partial charge >= 0.3 is 0 Å². The Morgan fingerprint density at radius 2 is 2.00 bits per heavy atom. The van der Waals surface area contributed by atoms with Crippen molar-refractivity contribution in [3.05, 3.63) is 58.3 Å². The maximum Gasteiger partial charge on any atom is 0.224 e. The topological polar surface area (TPSA) is 29.1 Å². The second-order valence-corrected chi connectivity index (χ2v) is 5.84. The summed E-state index contributed by atoms with van der Waals surface area (Å²) in [7, 11) is 0. The van der Waals surface area contributed by atoms with Gasteiger partial charge in [-0.1, -0.05) is 46.3 Å². The van der Waals surface area contributed by atoms with Gasteiger partial charge in [0.25, 0.3) is 0 Å². The van der Waals surface area contributed by atoms with Crippen molar-refractivity contribution in [2.75, 3.05) is 5.33 Å². The van der Waals surface area contributed by atoms with Crippen molar-refractivity contribution >= 4 is 33.2 Å². The summed E-state index contributed by atoms with van der Waals surface area (Å²) in [6.07, 6.45) is 1.31. The summed E-state index contributed by atoms with van der Waals surface area (Å²) in [6, 6.07) is 12.3. The van der Waals surface area contributed by atoms with Crippen LogP contribution in [-0.2, 0) is 17.6 Å². The number of amides is 1. The van der Waals surface area contributed by atoms with Gasteiger partial charge < -0.3 is 5.32 Å². The summed E-state index contributed by atoms with van der Waals surface area (Å²) in [5, 5.41) is 7.84. The molecular weight excluding hydrogens is 322 g/mol. The number of hydrogen-bond donors (Lipinski definition) is 1. The molecular formula is C15H16BrNOS. The van der Waals surface area contributed by atoms with E-state index in [1.165, 1.54) is 5.56 Å². The summed E-state index contributed by atoms with van der Waals surface area (Å²) in [5.41, 5.74) is 2.32. The van der Waals surface area contributed by atoms with Gasteiger partial charge in [0, 0.05) is 11.4 Å². The molecule has 1 unspecified atom stereocenters. The molecule has 0 saturated carbocycles. The zero-order valence-electron chi connectivity index (χ0n) is 10.5. The third-order valence-electron chi connectivity index (χ3n) is 2.82. The van der Waals surface area contributed by atoms with Gasteiger partial charge in [0.2, 0.25) is 5.91 Å². The number of thiophene rings is 1. The molecule has 0 aliphatic heterocycles. The van der Waals surface area contributed by atoms with Crippen LogP contribution < -0.4 is 5.32 Å². The molecule has 19 heavy (non-hydrogen) atoms. The minimum absolute atomic E-state index is 0.0822. The molecule has 4 heteroatoms. The second kappa shape index (κ2) is 7.46. The van der Waals surface area contributed by atoms with Crippen LogP contribution in [0.1, 0.15) is 11.1 Å². The van der Waals surface area contributed by atoms with Crippen LogP contribution in [0.2, 0.25) is 0 Å². The van der Waals surface area contributed by atoms with Gasteiger partial charge in [0.1, 0.15) is 0 Å². The summed E-state index contributed by atoms with van der Waals surface area (Å²) >= 11 is 5.09. The molecule has 0 saturated heterocycles. The van der Waals surface area contributed by atoms with Crippen molar-refractivity contribution in [2.45, 2.75) is 18.9 Å². The Hall–Kier alpha value is -1.13. The molecule has 0 spiro atoms. The number of hydrogen-bond acceptors (Lipinski definition) is 2. The minimum atomic E-state index is 0.0822. The first kappa shape index (κ1) is 14.3. The average molecular weight is 338 g/mol. The first-order valence-corrected chi connectivity index (χ1v) is 8.24. The molecule has 0 fully saturated rings. The van der Waals surface area contributed by atoms with E-state index in [0.29, 0.717) is 6.42 Å². The van der Waals surface area contributed by atoms with Gasteiger partial charge in [-0.15, -0.1) is 0 Å². The zero-order chi connectivity index (χ0) is 13.5. The zero-order valence-corrected chi connectivity index (χ0v) is 12.9. The first-order valence-electron chi connectivity index (χ1n) is 6.18. The molecule has 1 atom stereocenters. The number of halogens is 1. The highest BCUT2D eigenvalue weighted by molar-refractivity contribution is 9.09. The van der Waals surface area contributed by atoms with Crippen LogP contribution in [0.3, 0.4) is 0 Å². The van der Waals surface area contributed by atoms with Crippen LogP contribution in [0.4, 0.5) is 0 Å². The maximum atomic E-state index is 11.9. The largest absolute Gasteiger partial charge is 0.352 e. The normalized spacial score (nSPS) is 12.1. The van der Waals surface area contributed by atoms with Gasteiger partial charge in [0.15, 0.2) is 0 Å². The van der Waals surface area contributed by atoms with Crippen molar-refractivity contribution in [1.29, 1.82) is 0 Å². The highest BCUT2D eigenvalue weighted by Crippen LogP contribution is 2.08. The Bertz CT molecular complexity index is 498. The van der Waals surface area contributed by atoms with E-state index >= 15 is 0 Å². The summed E-state index contributed by atoms with van der Waals surface area (Å²) < 4.78 is 0. The SMILES string of the molecule is O=C(Cc1ccsc1)NC(CBr)Cc1ccccc1. The van der Waals surface area contributed by atoms with Crippen LogP contribution in [-0.4, -0.2) is 17.3 Å². The highest BCUT2D eigenvalue weighted by Gasteiger charge is 2.12. The molecule has 0 radical (unpaired) electrons. The van der Waals surface area contributed by atoms with Gasteiger partial charge in [-0.25, -0.2) is 0 Å².